The van der Waals surface area contributed by atoms with E-state index in [0.717, 1.165) is 59.7 Å². The number of nitrogens with zero attached hydrogens (tertiary/aromatic N) is 2. The molecule has 4 nitrogen and oxygen atoms in total. The van der Waals surface area contributed by atoms with Crippen LogP contribution in [0.15, 0.2) is 65.9 Å². The first-order valence-electron chi connectivity index (χ1n) is 12.2. The molecule has 3 aromatic rings. The van der Waals surface area contributed by atoms with Crippen molar-refractivity contribution in [3.05, 3.63) is 88.7 Å². The van der Waals surface area contributed by atoms with E-state index in [2.05, 4.69) is 10.1 Å². The maximum atomic E-state index is 13.4. The van der Waals surface area contributed by atoms with Gasteiger partial charge >= 0.3 is 6.18 Å². The van der Waals surface area contributed by atoms with Crippen molar-refractivity contribution in [3.63, 3.8) is 0 Å². The van der Waals surface area contributed by atoms with Crippen molar-refractivity contribution in [1.82, 2.24) is 4.98 Å². The van der Waals surface area contributed by atoms with E-state index in [-0.39, 0.29) is 23.7 Å². The molecule has 5 rings (SSSR count). The Morgan fingerprint density at radius 1 is 1.03 bits per heavy atom. The Balaban J connectivity index is 1.42. The van der Waals surface area contributed by atoms with Gasteiger partial charge in [0.1, 0.15) is 11.3 Å². The molecule has 1 aliphatic carbocycles. The molecule has 186 valence electrons. The summed E-state index contributed by atoms with van der Waals surface area (Å²) in [6.45, 7) is 3.84. The zero-order valence-electron chi connectivity index (χ0n) is 20.2. The van der Waals surface area contributed by atoms with Crippen molar-refractivity contribution in [2.75, 3.05) is 0 Å². The van der Waals surface area contributed by atoms with E-state index in [4.69, 9.17) is 4.84 Å². The van der Waals surface area contributed by atoms with E-state index < -0.39 is 11.9 Å². The first-order valence-corrected chi connectivity index (χ1v) is 12.2. The minimum absolute atomic E-state index is 0.0875. The molecule has 1 fully saturated rings. The molecule has 36 heavy (non-hydrogen) atoms. The standard InChI is InChI=1S/C29H27F3N2O2/c1-18-4-6-20(7-5-18)22-13-23(25-16-28(36-34-25)10-3-11-28)15-24(14-22)26(35)12-19(2)21-8-9-27(33-17-21)29(30,31)32/h4-9,13-15,17,19H,3,10-12,16H2,1-2H3/t19-/m0/s1. The number of hydrogen-bond donors (Lipinski definition) is 0. The van der Waals surface area contributed by atoms with Crippen LogP contribution in [-0.4, -0.2) is 22.1 Å². The molecule has 0 N–H and O–H groups in total. The van der Waals surface area contributed by atoms with Crippen LogP contribution in [0.1, 0.15) is 77.7 Å². The summed E-state index contributed by atoms with van der Waals surface area (Å²) in [5.41, 5.74) is 4.77. The van der Waals surface area contributed by atoms with Crippen LogP contribution in [0.2, 0.25) is 0 Å². The lowest BCUT2D eigenvalue weighted by atomic mass is 9.76. The van der Waals surface area contributed by atoms with Gasteiger partial charge in [0.2, 0.25) is 0 Å². The van der Waals surface area contributed by atoms with Gasteiger partial charge in [-0.25, -0.2) is 0 Å². The molecule has 0 saturated heterocycles. The van der Waals surface area contributed by atoms with Crippen LogP contribution in [0.4, 0.5) is 13.2 Å². The first-order chi connectivity index (χ1) is 17.1. The van der Waals surface area contributed by atoms with E-state index >= 15 is 0 Å². The lowest BCUT2D eigenvalue weighted by molar-refractivity contribution is -0.141. The van der Waals surface area contributed by atoms with Crippen molar-refractivity contribution in [1.29, 1.82) is 0 Å². The Kier molecular flexibility index (Phi) is 6.18. The molecule has 0 radical (unpaired) electrons. The second-order valence-corrected chi connectivity index (χ2v) is 10.0. The first kappa shape index (κ1) is 24.2. The fraction of sp³-hybridized carbons (Fsp3) is 0.345. The Morgan fingerprint density at radius 3 is 2.33 bits per heavy atom. The number of hydrogen-bond acceptors (Lipinski definition) is 4. The minimum Gasteiger partial charge on any atom is -0.389 e. The highest BCUT2D eigenvalue weighted by Crippen LogP contribution is 2.43. The largest absolute Gasteiger partial charge is 0.433 e. The van der Waals surface area contributed by atoms with Gasteiger partial charge in [0.15, 0.2) is 5.78 Å². The third-order valence-corrected chi connectivity index (χ3v) is 7.21. The molecule has 0 amide bonds. The number of oxime groups is 1. The summed E-state index contributed by atoms with van der Waals surface area (Å²) in [4.78, 5) is 22.7. The van der Waals surface area contributed by atoms with Gasteiger partial charge in [-0.15, -0.1) is 0 Å². The van der Waals surface area contributed by atoms with Crippen LogP contribution in [0.5, 0.6) is 0 Å². The highest BCUT2D eigenvalue weighted by atomic mass is 19.4. The van der Waals surface area contributed by atoms with Crippen LogP contribution in [0.25, 0.3) is 11.1 Å². The fourth-order valence-corrected chi connectivity index (χ4v) is 4.76. The van der Waals surface area contributed by atoms with Crippen molar-refractivity contribution in [3.8, 4) is 11.1 Å². The van der Waals surface area contributed by atoms with E-state index in [1.807, 2.05) is 56.3 Å². The molecule has 0 bridgehead atoms. The molecule has 2 aromatic carbocycles. The summed E-state index contributed by atoms with van der Waals surface area (Å²) in [7, 11) is 0. The van der Waals surface area contributed by atoms with Gasteiger partial charge in [0.05, 0.1) is 5.71 Å². The molecular formula is C29H27F3N2O2. The Bertz CT molecular complexity index is 1310. The van der Waals surface area contributed by atoms with Gasteiger partial charge < -0.3 is 4.84 Å². The smallest absolute Gasteiger partial charge is 0.389 e. The van der Waals surface area contributed by atoms with Crippen LogP contribution in [0.3, 0.4) is 0 Å². The van der Waals surface area contributed by atoms with Gasteiger partial charge in [-0.05, 0) is 73.1 Å². The number of rotatable bonds is 6. The number of alkyl halides is 3. The predicted octanol–water partition coefficient (Wildman–Crippen LogP) is 7.50. The number of aromatic nitrogens is 1. The van der Waals surface area contributed by atoms with E-state index in [9.17, 15) is 18.0 Å². The highest BCUT2D eigenvalue weighted by molar-refractivity contribution is 6.06. The summed E-state index contributed by atoms with van der Waals surface area (Å²) in [5.74, 6) is -0.375. The maximum Gasteiger partial charge on any atom is 0.433 e. The zero-order valence-corrected chi connectivity index (χ0v) is 20.2. The van der Waals surface area contributed by atoms with Gasteiger partial charge in [-0.3, -0.25) is 9.78 Å². The quantitative estimate of drug-likeness (QED) is 0.335. The van der Waals surface area contributed by atoms with E-state index in [0.29, 0.717) is 11.1 Å². The Morgan fingerprint density at radius 2 is 1.75 bits per heavy atom. The molecule has 1 atom stereocenters. The molecule has 1 spiro atoms. The molecule has 1 aliphatic heterocycles. The normalized spacial score (nSPS) is 17.3. The predicted molar refractivity (Wildman–Crippen MR) is 132 cm³/mol. The van der Waals surface area contributed by atoms with E-state index in [1.54, 1.807) is 0 Å². The molecule has 2 aliphatic rings. The van der Waals surface area contributed by atoms with Crippen molar-refractivity contribution < 1.29 is 22.8 Å². The minimum atomic E-state index is -4.49. The molecule has 1 aromatic heterocycles. The summed E-state index contributed by atoms with van der Waals surface area (Å²) >= 11 is 0. The van der Waals surface area contributed by atoms with Gasteiger partial charge in [-0.1, -0.05) is 48.0 Å². The Labute approximate surface area is 208 Å². The number of carbonyl (C=O) groups excluding carboxylic acids is 1. The van der Waals surface area contributed by atoms with Crippen LogP contribution >= 0.6 is 0 Å². The monoisotopic (exact) mass is 492 g/mol. The number of carbonyl (C=O) groups is 1. The molecule has 2 heterocycles. The molecular weight excluding hydrogens is 465 g/mol. The second kappa shape index (κ2) is 9.19. The zero-order chi connectivity index (χ0) is 25.5. The SMILES string of the molecule is Cc1ccc(-c2cc(C(=O)C[C@H](C)c3ccc(C(F)(F)F)nc3)cc(C3=NOC4(CCC4)C3)c2)cc1. The van der Waals surface area contributed by atoms with Gasteiger partial charge in [-0.2, -0.15) is 13.2 Å². The lowest BCUT2D eigenvalue weighted by Gasteiger charge is -2.34. The third kappa shape index (κ3) is 4.92. The van der Waals surface area contributed by atoms with Crippen LogP contribution in [0, 0.1) is 6.92 Å². The number of aryl methyl sites for hydroxylation is 1. The average molecular weight is 493 g/mol. The van der Waals surface area contributed by atoms with Crippen LogP contribution < -0.4 is 0 Å². The fourth-order valence-electron chi connectivity index (χ4n) is 4.76. The van der Waals surface area contributed by atoms with Crippen LogP contribution in [-0.2, 0) is 11.0 Å². The highest BCUT2D eigenvalue weighted by Gasteiger charge is 2.45. The molecule has 7 heteroatoms. The number of halogens is 3. The van der Waals surface area contributed by atoms with Crippen molar-refractivity contribution in [2.24, 2.45) is 5.16 Å². The maximum absolute atomic E-state index is 13.4. The lowest BCUT2D eigenvalue weighted by Crippen LogP contribution is -2.36. The van der Waals surface area contributed by atoms with Crippen molar-refractivity contribution in [2.45, 2.75) is 63.6 Å². The Hall–Kier alpha value is -3.48. The number of pyridine rings is 1. The number of benzene rings is 2. The summed E-state index contributed by atoms with van der Waals surface area (Å²) < 4.78 is 38.6. The third-order valence-electron chi connectivity index (χ3n) is 7.21. The van der Waals surface area contributed by atoms with E-state index in [1.165, 1.54) is 12.3 Å². The molecule has 1 saturated carbocycles. The van der Waals surface area contributed by atoms with Gasteiger partial charge in [0.25, 0.3) is 0 Å². The van der Waals surface area contributed by atoms with Gasteiger partial charge in [0, 0.05) is 30.2 Å². The summed E-state index contributed by atoms with van der Waals surface area (Å²) in [6.07, 6.45) is 0.700. The second-order valence-electron chi connectivity index (χ2n) is 10.0. The number of Topliss-reactive ketones (excluding diaryl/α,β-unsaturated/α-hetero) is 1. The number of ketones is 1. The topological polar surface area (TPSA) is 51.5 Å². The van der Waals surface area contributed by atoms with Crippen molar-refractivity contribution >= 4 is 11.5 Å². The summed E-state index contributed by atoms with van der Waals surface area (Å²) in [5, 5.41) is 4.37. The molecule has 0 unspecified atom stereocenters. The summed E-state index contributed by atoms with van der Waals surface area (Å²) in [6, 6.07) is 16.3. The average Bonchev–Trinajstić information content (AvgIpc) is 3.31.